The largest absolute Gasteiger partial charge is 0.416 e. The Kier molecular flexibility index (Phi) is 5.26. The Morgan fingerprint density at radius 2 is 1.87 bits per heavy atom. The van der Waals surface area contributed by atoms with Crippen molar-refractivity contribution < 1.29 is 22.8 Å². The Hall–Kier alpha value is -3.62. The zero-order chi connectivity index (χ0) is 22.2. The summed E-state index contributed by atoms with van der Waals surface area (Å²) in [5.41, 5.74) is 1.17. The highest BCUT2D eigenvalue weighted by atomic mass is 19.4. The lowest BCUT2D eigenvalue weighted by Gasteiger charge is -2.27. The van der Waals surface area contributed by atoms with Gasteiger partial charge in [0, 0.05) is 23.7 Å². The second kappa shape index (κ2) is 7.90. The third-order valence-electron chi connectivity index (χ3n) is 5.00. The number of aromatic nitrogens is 2. The predicted octanol–water partition coefficient (Wildman–Crippen LogP) is 4.40. The zero-order valence-electron chi connectivity index (χ0n) is 16.6. The van der Waals surface area contributed by atoms with Crippen LogP contribution in [0, 0.1) is 6.92 Å². The Morgan fingerprint density at radius 3 is 2.58 bits per heavy atom. The first-order valence-electron chi connectivity index (χ1n) is 9.63. The van der Waals surface area contributed by atoms with Crippen LogP contribution >= 0.6 is 0 Å². The molecule has 6 nitrogen and oxygen atoms in total. The smallest absolute Gasteiger partial charge is 0.322 e. The first-order valence-corrected chi connectivity index (χ1v) is 9.63. The number of benzene rings is 2. The summed E-state index contributed by atoms with van der Waals surface area (Å²) in [6, 6.07) is 12.9. The monoisotopic (exact) mass is 428 g/mol. The molecule has 3 aromatic rings. The minimum atomic E-state index is -4.48. The fraction of sp³-hybridized carbons (Fsp3) is 0.227. The maximum Gasteiger partial charge on any atom is 0.416 e. The Labute approximate surface area is 176 Å². The quantitative estimate of drug-likeness (QED) is 0.670. The number of amides is 2. The molecule has 0 saturated carbocycles. The van der Waals surface area contributed by atoms with Gasteiger partial charge in [-0.25, -0.2) is 4.68 Å². The molecule has 1 aliphatic heterocycles. The maximum atomic E-state index is 12.8. The van der Waals surface area contributed by atoms with Crippen LogP contribution in [0.3, 0.4) is 0 Å². The van der Waals surface area contributed by atoms with Crippen molar-refractivity contribution >= 4 is 23.3 Å². The van der Waals surface area contributed by atoms with E-state index in [1.807, 2.05) is 13.0 Å². The lowest BCUT2D eigenvalue weighted by molar-refractivity contribution is -0.137. The molecule has 1 aromatic heterocycles. The molecule has 0 fully saturated rings. The summed E-state index contributed by atoms with van der Waals surface area (Å²) in [5.74, 6) is 0.215. The van der Waals surface area contributed by atoms with Crippen molar-refractivity contribution in [3.63, 3.8) is 0 Å². The molecule has 1 aliphatic rings. The van der Waals surface area contributed by atoms with Gasteiger partial charge in [-0.3, -0.25) is 14.5 Å². The van der Waals surface area contributed by atoms with E-state index in [9.17, 15) is 22.8 Å². The lowest BCUT2D eigenvalue weighted by atomic mass is 10.1. The predicted molar refractivity (Wildman–Crippen MR) is 109 cm³/mol. The number of carbonyl (C=O) groups excluding carboxylic acids is 2. The average Bonchev–Trinajstić information content (AvgIpc) is 3.11. The van der Waals surface area contributed by atoms with E-state index in [0.717, 1.165) is 29.2 Å². The number of anilines is 2. The van der Waals surface area contributed by atoms with Crippen molar-refractivity contribution in [2.24, 2.45) is 0 Å². The number of alkyl halides is 3. The van der Waals surface area contributed by atoms with Crippen molar-refractivity contribution in [3.05, 3.63) is 77.0 Å². The maximum absolute atomic E-state index is 12.8. The van der Waals surface area contributed by atoms with Gasteiger partial charge in [0.1, 0.15) is 5.82 Å². The molecule has 1 N–H and O–H groups in total. The molecule has 0 bridgehead atoms. The van der Waals surface area contributed by atoms with Gasteiger partial charge in [0.15, 0.2) is 0 Å². The van der Waals surface area contributed by atoms with Gasteiger partial charge in [0.2, 0.25) is 5.91 Å². The minimum Gasteiger partial charge on any atom is -0.322 e. The van der Waals surface area contributed by atoms with Crippen LogP contribution in [-0.2, 0) is 24.1 Å². The summed E-state index contributed by atoms with van der Waals surface area (Å²) in [5, 5.41) is 6.85. The molecular formula is C22H19F3N4O2. The topological polar surface area (TPSA) is 67.2 Å². The molecule has 0 atom stereocenters. The highest BCUT2D eigenvalue weighted by molar-refractivity contribution is 6.04. The number of nitrogens with zero attached hydrogens (tertiary/aromatic N) is 3. The molecule has 31 heavy (non-hydrogen) atoms. The van der Waals surface area contributed by atoms with E-state index < -0.39 is 17.6 Å². The van der Waals surface area contributed by atoms with Gasteiger partial charge in [-0.15, -0.1) is 0 Å². The van der Waals surface area contributed by atoms with Crippen molar-refractivity contribution in [2.45, 2.75) is 32.6 Å². The normalized spacial score (nSPS) is 13.8. The van der Waals surface area contributed by atoms with Crippen molar-refractivity contribution in [1.29, 1.82) is 0 Å². The van der Waals surface area contributed by atoms with Crippen LogP contribution in [0.25, 0.3) is 0 Å². The van der Waals surface area contributed by atoms with E-state index in [1.165, 1.54) is 12.1 Å². The van der Waals surface area contributed by atoms with Gasteiger partial charge in [-0.2, -0.15) is 18.3 Å². The van der Waals surface area contributed by atoms with Gasteiger partial charge >= 0.3 is 6.18 Å². The number of hydrogen-bond donors (Lipinski definition) is 1. The second-order valence-electron chi connectivity index (χ2n) is 7.33. The van der Waals surface area contributed by atoms with Crippen LogP contribution in [0.15, 0.2) is 54.6 Å². The molecule has 0 spiro atoms. The van der Waals surface area contributed by atoms with Crippen LogP contribution in [0.4, 0.5) is 24.7 Å². The summed E-state index contributed by atoms with van der Waals surface area (Å²) in [4.78, 5) is 26.5. The van der Waals surface area contributed by atoms with Gasteiger partial charge in [0.25, 0.3) is 5.91 Å². The van der Waals surface area contributed by atoms with E-state index in [0.29, 0.717) is 25.1 Å². The Balaban J connectivity index is 1.46. The van der Waals surface area contributed by atoms with E-state index in [-0.39, 0.29) is 11.6 Å². The third-order valence-corrected chi connectivity index (χ3v) is 5.00. The number of fused-ring (bicyclic) bond motifs is 1. The number of carbonyl (C=O) groups is 2. The lowest BCUT2D eigenvalue weighted by Crippen LogP contribution is -2.36. The highest BCUT2D eigenvalue weighted by Crippen LogP contribution is 2.31. The fourth-order valence-corrected chi connectivity index (χ4v) is 3.47. The fourth-order valence-electron chi connectivity index (χ4n) is 3.47. The van der Waals surface area contributed by atoms with Gasteiger partial charge < -0.3 is 5.32 Å². The second-order valence-corrected chi connectivity index (χ2v) is 7.33. The molecule has 0 aliphatic carbocycles. The van der Waals surface area contributed by atoms with Crippen molar-refractivity contribution in [1.82, 2.24) is 9.78 Å². The summed E-state index contributed by atoms with van der Waals surface area (Å²) >= 11 is 0. The minimum absolute atomic E-state index is 0.00114. The standard InChI is InChI=1S/C22H19F3N4O2/c1-14-11-19-28(20(30)9-10-29(19)27-14)13-15-5-7-16(8-6-15)21(31)26-18-4-2-3-17(12-18)22(23,24)25/h2-8,11-12H,9-10,13H2,1H3,(H,26,31). The summed E-state index contributed by atoms with van der Waals surface area (Å²) in [7, 11) is 0. The molecular weight excluding hydrogens is 409 g/mol. The van der Waals surface area contributed by atoms with Crippen molar-refractivity contribution in [2.75, 3.05) is 10.2 Å². The average molecular weight is 428 g/mol. The zero-order valence-corrected chi connectivity index (χ0v) is 16.6. The van der Waals surface area contributed by atoms with Gasteiger partial charge in [-0.05, 0) is 42.8 Å². The van der Waals surface area contributed by atoms with E-state index >= 15 is 0 Å². The molecule has 2 aromatic carbocycles. The number of hydrogen-bond acceptors (Lipinski definition) is 3. The van der Waals surface area contributed by atoms with Crippen LogP contribution < -0.4 is 10.2 Å². The van der Waals surface area contributed by atoms with Crippen LogP contribution in [0.5, 0.6) is 0 Å². The number of aryl methyl sites for hydroxylation is 2. The van der Waals surface area contributed by atoms with Crippen LogP contribution in [0.2, 0.25) is 0 Å². The summed E-state index contributed by atoms with van der Waals surface area (Å²) in [6.45, 7) is 2.75. The van der Waals surface area contributed by atoms with E-state index in [2.05, 4.69) is 10.4 Å². The molecule has 9 heteroatoms. The Morgan fingerprint density at radius 1 is 1.13 bits per heavy atom. The number of halogens is 3. The van der Waals surface area contributed by atoms with Crippen LogP contribution in [-0.4, -0.2) is 21.6 Å². The molecule has 2 heterocycles. The number of rotatable bonds is 4. The van der Waals surface area contributed by atoms with Crippen molar-refractivity contribution in [3.8, 4) is 0 Å². The summed E-state index contributed by atoms with van der Waals surface area (Å²) < 4.78 is 40.3. The first-order chi connectivity index (χ1) is 14.7. The van der Waals surface area contributed by atoms with E-state index in [1.54, 1.807) is 33.8 Å². The molecule has 4 rings (SSSR count). The third kappa shape index (κ3) is 4.45. The molecule has 160 valence electrons. The van der Waals surface area contributed by atoms with Gasteiger partial charge in [-0.1, -0.05) is 18.2 Å². The SMILES string of the molecule is Cc1cc2n(n1)CCC(=O)N2Cc1ccc(C(=O)Nc2cccc(C(F)(F)F)c2)cc1. The molecule has 0 radical (unpaired) electrons. The molecule has 0 unspecified atom stereocenters. The molecule has 2 amide bonds. The first kappa shape index (κ1) is 20.6. The highest BCUT2D eigenvalue weighted by Gasteiger charge is 2.30. The van der Waals surface area contributed by atoms with E-state index in [4.69, 9.17) is 0 Å². The van der Waals surface area contributed by atoms with Gasteiger partial charge in [0.05, 0.1) is 24.3 Å². The Bertz CT molecular complexity index is 1140. The summed E-state index contributed by atoms with van der Waals surface area (Å²) in [6.07, 6.45) is -4.12. The molecule has 0 saturated heterocycles. The van der Waals surface area contributed by atoms with Crippen LogP contribution in [0.1, 0.15) is 33.6 Å². The number of nitrogens with one attached hydrogen (secondary N) is 1.